The Hall–Kier alpha value is -3.94. The summed E-state index contributed by atoms with van der Waals surface area (Å²) in [7, 11) is 0. The molecule has 0 fully saturated rings. The van der Waals surface area contributed by atoms with Crippen molar-refractivity contribution in [1.82, 2.24) is 5.32 Å². The van der Waals surface area contributed by atoms with Gasteiger partial charge in [0, 0.05) is 26.2 Å². The Bertz CT molecular complexity index is 1480. The van der Waals surface area contributed by atoms with Gasteiger partial charge < -0.3 is 10.6 Å². The monoisotopic (exact) mass is 584 g/mol. The highest BCUT2D eigenvalue weighted by molar-refractivity contribution is 9.10. The number of carbonyl (C=O) groups excluding carboxylic acids is 3. The molecule has 0 aliphatic heterocycles. The van der Waals surface area contributed by atoms with Crippen LogP contribution in [-0.4, -0.2) is 23.4 Å². The van der Waals surface area contributed by atoms with Crippen LogP contribution in [0.25, 0.3) is 6.08 Å². The van der Waals surface area contributed by atoms with E-state index in [0.29, 0.717) is 16.8 Å². The van der Waals surface area contributed by atoms with Gasteiger partial charge in [-0.2, -0.15) is 0 Å². The lowest BCUT2D eigenvalue weighted by atomic mass is 10.1. The Kier molecular flexibility index (Phi) is 9.30. The maximum absolute atomic E-state index is 13.3. The lowest BCUT2D eigenvalue weighted by Crippen LogP contribution is -2.30. The second-order valence-electron chi connectivity index (χ2n) is 8.49. The predicted octanol–water partition coefficient (Wildman–Crippen LogP) is 7.14. The standard InChI is InChI=1S/C31H25BrN2O3S/c1-21-13-15-23(16-14-21)29(35)20-38-27-12-6-11-26(19-27)33-31(37)28(18-22-7-5-10-25(32)17-22)34-30(36)24-8-3-2-4-9-24/h2-19H,20H2,1H3,(H,33,37)(H,34,36)/b28-18-. The van der Waals surface area contributed by atoms with Gasteiger partial charge >= 0.3 is 0 Å². The lowest BCUT2D eigenvalue weighted by Gasteiger charge is -2.12. The van der Waals surface area contributed by atoms with Crippen molar-refractivity contribution in [3.05, 3.63) is 136 Å². The van der Waals surface area contributed by atoms with Gasteiger partial charge in [-0.1, -0.05) is 82.2 Å². The van der Waals surface area contributed by atoms with E-state index in [-0.39, 0.29) is 23.1 Å². The van der Waals surface area contributed by atoms with Gasteiger partial charge in [0.2, 0.25) is 0 Å². The van der Waals surface area contributed by atoms with E-state index in [1.807, 2.05) is 73.7 Å². The van der Waals surface area contributed by atoms with Crippen molar-refractivity contribution in [3.63, 3.8) is 0 Å². The molecule has 0 bridgehead atoms. The summed E-state index contributed by atoms with van der Waals surface area (Å²) in [6.07, 6.45) is 1.62. The van der Waals surface area contributed by atoms with E-state index in [1.54, 1.807) is 42.5 Å². The molecular formula is C31H25BrN2O3S. The minimum Gasteiger partial charge on any atom is -0.321 e. The van der Waals surface area contributed by atoms with Crippen LogP contribution in [-0.2, 0) is 4.79 Å². The Balaban J connectivity index is 1.49. The normalized spacial score (nSPS) is 11.1. The fraction of sp³-hybridized carbons (Fsp3) is 0.0645. The summed E-state index contributed by atoms with van der Waals surface area (Å²) >= 11 is 4.84. The summed E-state index contributed by atoms with van der Waals surface area (Å²) in [4.78, 5) is 39.5. The van der Waals surface area contributed by atoms with Crippen molar-refractivity contribution >= 4 is 57.1 Å². The Morgan fingerprint density at radius 1 is 0.816 bits per heavy atom. The second-order valence-corrected chi connectivity index (χ2v) is 10.5. The molecule has 38 heavy (non-hydrogen) atoms. The third kappa shape index (κ3) is 7.78. The van der Waals surface area contributed by atoms with Crippen LogP contribution < -0.4 is 10.6 Å². The number of carbonyl (C=O) groups is 3. The molecule has 0 saturated heterocycles. The molecule has 4 aromatic carbocycles. The fourth-order valence-electron chi connectivity index (χ4n) is 3.54. The molecule has 0 aliphatic rings. The van der Waals surface area contributed by atoms with Gasteiger partial charge in [0.1, 0.15) is 5.70 Å². The van der Waals surface area contributed by atoms with E-state index in [1.165, 1.54) is 11.8 Å². The zero-order valence-corrected chi connectivity index (χ0v) is 23.0. The first-order valence-electron chi connectivity index (χ1n) is 11.8. The number of thioether (sulfide) groups is 1. The average Bonchev–Trinajstić information content (AvgIpc) is 2.92. The summed E-state index contributed by atoms with van der Waals surface area (Å²) in [6.45, 7) is 1.98. The van der Waals surface area contributed by atoms with Crippen LogP contribution in [0, 0.1) is 6.92 Å². The zero-order valence-electron chi connectivity index (χ0n) is 20.6. The van der Waals surface area contributed by atoms with Crippen LogP contribution in [0.3, 0.4) is 0 Å². The van der Waals surface area contributed by atoms with Gasteiger partial charge in [0.15, 0.2) is 5.78 Å². The first kappa shape index (κ1) is 27.1. The molecule has 190 valence electrons. The zero-order chi connectivity index (χ0) is 26.9. The number of benzene rings is 4. The van der Waals surface area contributed by atoms with Crippen LogP contribution in [0.1, 0.15) is 31.8 Å². The summed E-state index contributed by atoms with van der Waals surface area (Å²) in [6, 6.07) is 30.9. The average molecular weight is 586 g/mol. The van der Waals surface area contributed by atoms with Crippen LogP contribution >= 0.6 is 27.7 Å². The summed E-state index contributed by atoms with van der Waals surface area (Å²) in [5, 5.41) is 5.61. The fourth-order valence-corrected chi connectivity index (χ4v) is 4.81. The maximum atomic E-state index is 13.3. The molecule has 0 saturated carbocycles. The molecule has 2 amide bonds. The minimum atomic E-state index is -0.466. The molecule has 0 unspecified atom stereocenters. The van der Waals surface area contributed by atoms with E-state index in [0.717, 1.165) is 20.5 Å². The number of hydrogen-bond acceptors (Lipinski definition) is 4. The summed E-state index contributed by atoms with van der Waals surface area (Å²) in [5.41, 5.74) is 3.62. The largest absolute Gasteiger partial charge is 0.321 e. The molecule has 0 spiro atoms. The molecule has 0 aliphatic carbocycles. The van der Waals surface area contributed by atoms with Crippen molar-refractivity contribution in [2.24, 2.45) is 0 Å². The molecule has 7 heteroatoms. The number of ketones is 1. The highest BCUT2D eigenvalue weighted by Gasteiger charge is 2.16. The molecule has 5 nitrogen and oxygen atoms in total. The maximum Gasteiger partial charge on any atom is 0.272 e. The van der Waals surface area contributed by atoms with Gasteiger partial charge in [-0.05, 0) is 61.0 Å². The van der Waals surface area contributed by atoms with Gasteiger partial charge in [0.05, 0.1) is 5.75 Å². The van der Waals surface area contributed by atoms with E-state index in [2.05, 4.69) is 26.6 Å². The smallest absolute Gasteiger partial charge is 0.272 e. The van der Waals surface area contributed by atoms with Gasteiger partial charge in [-0.25, -0.2) is 0 Å². The minimum absolute atomic E-state index is 0.0345. The lowest BCUT2D eigenvalue weighted by molar-refractivity contribution is -0.113. The predicted molar refractivity (Wildman–Crippen MR) is 157 cm³/mol. The molecule has 0 atom stereocenters. The first-order chi connectivity index (χ1) is 18.4. The molecule has 4 aromatic rings. The molecule has 0 aromatic heterocycles. The molecule has 0 radical (unpaired) electrons. The Morgan fingerprint density at radius 2 is 1.55 bits per heavy atom. The quantitative estimate of drug-likeness (QED) is 0.124. The number of rotatable bonds is 9. The van der Waals surface area contributed by atoms with Gasteiger partial charge in [0.25, 0.3) is 11.8 Å². The van der Waals surface area contributed by atoms with Crippen molar-refractivity contribution in [1.29, 1.82) is 0 Å². The molecule has 0 heterocycles. The van der Waals surface area contributed by atoms with E-state index in [4.69, 9.17) is 0 Å². The van der Waals surface area contributed by atoms with Gasteiger partial charge in [-0.3, -0.25) is 14.4 Å². The van der Waals surface area contributed by atoms with E-state index in [9.17, 15) is 14.4 Å². The van der Waals surface area contributed by atoms with Crippen LogP contribution in [0.15, 0.2) is 118 Å². The number of hydrogen-bond donors (Lipinski definition) is 2. The van der Waals surface area contributed by atoms with Crippen molar-refractivity contribution < 1.29 is 14.4 Å². The third-order valence-corrected chi connectivity index (χ3v) is 7.01. The first-order valence-corrected chi connectivity index (χ1v) is 13.6. The number of nitrogens with one attached hydrogen (secondary N) is 2. The molecule has 4 rings (SSSR count). The van der Waals surface area contributed by atoms with Crippen LogP contribution in [0.2, 0.25) is 0 Å². The highest BCUT2D eigenvalue weighted by Crippen LogP contribution is 2.23. The molecular weight excluding hydrogens is 560 g/mol. The number of amides is 2. The number of anilines is 1. The highest BCUT2D eigenvalue weighted by atomic mass is 79.9. The van der Waals surface area contributed by atoms with E-state index < -0.39 is 5.91 Å². The van der Waals surface area contributed by atoms with Crippen LogP contribution in [0.5, 0.6) is 0 Å². The molecule has 2 N–H and O–H groups in total. The Morgan fingerprint density at radius 3 is 2.29 bits per heavy atom. The van der Waals surface area contributed by atoms with Crippen molar-refractivity contribution in [3.8, 4) is 0 Å². The topological polar surface area (TPSA) is 75.3 Å². The van der Waals surface area contributed by atoms with Crippen LogP contribution in [0.4, 0.5) is 5.69 Å². The van der Waals surface area contributed by atoms with Crippen molar-refractivity contribution in [2.45, 2.75) is 11.8 Å². The van der Waals surface area contributed by atoms with Crippen molar-refractivity contribution in [2.75, 3.05) is 11.1 Å². The summed E-state index contributed by atoms with van der Waals surface area (Å²) < 4.78 is 0.852. The number of Topliss-reactive ketones (excluding diaryl/α,β-unsaturated/α-hetero) is 1. The Labute approximate surface area is 234 Å². The number of aryl methyl sites for hydroxylation is 1. The second kappa shape index (κ2) is 13.0. The van der Waals surface area contributed by atoms with Gasteiger partial charge in [-0.15, -0.1) is 11.8 Å². The summed E-state index contributed by atoms with van der Waals surface area (Å²) in [5.74, 6) is -0.540. The van der Waals surface area contributed by atoms with E-state index >= 15 is 0 Å². The SMILES string of the molecule is Cc1ccc(C(=O)CSc2cccc(NC(=O)/C(=C/c3cccc(Br)c3)NC(=O)c3ccccc3)c2)cc1. The number of halogens is 1. The third-order valence-electron chi connectivity index (χ3n) is 5.52.